The van der Waals surface area contributed by atoms with Gasteiger partial charge in [-0.1, -0.05) is 271 Å². The highest BCUT2D eigenvalue weighted by Gasteiger charge is 2.30. The quantitative estimate of drug-likeness (QED) is 0.0169. The summed E-state index contributed by atoms with van der Waals surface area (Å²) in [4.78, 5) is 72.7. The van der Waals surface area contributed by atoms with Crippen molar-refractivity contribution in [1.82, 2.24) is 0 Å². The molecule has 0 aromatic carbocycles. The van der Waals surface area contributed by atoms with Crippen LogP contribution in [0.15, 0.2) is 243 Å². The van der Waals surface area contributed by atoms with Crippen molar-refractivity contribution in [3.05, 3.63) is 243 Å². The number of ether oxygens (including phenoxy) is 4. The number of unbranched alkanes of at least 4 members (excludes halogenated alkanes) is 2. The summed E-state index contributed by atoms with van der Waals surface area (Å²) in [6.07, 6.45) is 96.7. The van der Waals surface area contributed by atoms with Crippen molar-refractivity contribution in [2.75, 3.05) is 39.6 Å². The number of hydrogen-bond donors (Lipinski definition) is 3. The van der Waals surface area contributed by atoms with Crippen molar-refractivity contribution in [2.45, 2.75) is 226 Å². The molecule has 578 valence electrons. The molecule has 0 aliphatic rings. The summed E-state index contributed by atoms with van der Waals surface area (Å²) in [7, 11) is -10.1. The number of phosphoric ester groups is 2. The molecule has 0 aromatic heterocycles. The average Bonchev–Trinajstić information content (AvgIpc) is 0.926. The summed E-state index contributed by atoms with van der Waals surface area (Å²) in [6.45, 7) is 3.97. The van der Waals surface area contributed by atoms with E-state index in [1.54, 1.807) is 24.3 Å². The topological polar surface area (TPSA) is 237 Å². The lowest BCUT2D eigenvalue weighted by atomic mass is 10.2. The summed E-state index contributed by atoms with van der Waals surface area (Å²) >= 11 is 0. The van der Waals surface area contributed by atoms with Gasteiger partial charge in [-0.2, -0.15) is 0 Å². The second-order valence-electron chi connectivity index (χ2n) is 23.4. The molecule has 0 saturated heterocycles. The van der Waals surface area contributed by atoms with Crippen molar-refractivity contribution >= 4 is 39.5 Å². The smallest absolute Gasteiger partial charge is 0.462 e. The number of phosphoric acid groups is 2. The highest BCUT2D eigenvalue weighted by molar-refractivity contribution is 7.47. The minimum absolute atomic E-state index is 0.0125. The van der Waals surface area contributed by atoms with Crippen LogP contribution in [-0.2, 0) is 65.4 Å². The third-order valence-electron chi connectivity index (χ3n) is 13.9. The largest absolute Gasteiger partial charge is 0.472 e. The van der Waals surface area contributed by atoms with Crippen LogP contribution in [0.25, 0.3) is 0 Å². The number of carbonyl (C=O) groups is 4. The SMILES string of the molecule is CC/C=C\C/C=C\C/C=C\C/C=C\C/C=C\CCCC(=O)OCC(COP(=O)(O)OCC(O)COP(=O)(O)OCC(COC(=O)C/C=C\C/C=C\C/C=C\C/C=C\C/C=C\CC)OC(=O)C/C=C\C/C=C\C/C=C\C/C=C\C/C=C\CC)OC(=O)CCC/C=C\C/C=C\C/C=C\C/C=C\C/C=C\CC. The van der Waals surface area contributed by atoms with Gasteiger partial charge in [0.05, 0.1) is 39.3 Å². The van der Waals surface area contributed by atoms with E-state index in [-0.39, 0.29) is 25.7 Å². The molecule has 0 aliphatic carbocycles. The molecular formula is C85H126O17P2. The highest BCUT2D eigenvalue weighted by Crippen LogP contribution is 2.45. The number of esters is 4. The van der Waals surface area contributed by atoms with Crippen LogP contribution in [0.3, 0.4) is 0 Å². The zero-order valence-electron chi connectivity index (χ0n) is 62.8. The standard InChI is InChI=1S/C85H126O17P2/c1-5-9-13-17-21-25-29-33-37-39-43-46-50-54-58-62-66-70-83(88)96-76-81(102-85(90)72-68-64-60-56-52-48-44-40-38-34-30-26-22-18-14-10-6-2)78-100-104(93,94)98-74-79(86)73-97-103(91,92)99-77-80(101-84(89)71-67-63-59-55-51-47-42-36-32-28-24-20-16-12-8-4)75-95-82(87)69-65-61-57-53-49-45-41-35-31-27-23-19-15-11-7-3/h9-16,21-28,33-38,41-44,46,48-49,51,53-56,58,60-61,63,65,67,79-81,86H,5-8,17-20,29-32,39-40,45,47,50,52,57,59,62,64,66,68-78H2,1-4H3,(H,91,92)(H,93,94)/b13-9-,14-10-,15-11-,16-12-,25-21-,26-22-,27-23-,28-24-,37-33-,38-34-,41-35-,42-36-,46-43-,48-44-,53-49-,55-51-,58-54-,60-56-,65-61-,67-63-. The van der Waals surface area contributed by atoms with Gasteiger partial charge < -0.3 is 33.8 Å². The van der Waals surface area contributed by atoms with Crippen molar-refractivity contribution in [1.29, 1.82) is 0 Å². The lowest BCUT2D eigenvalue weighted by Gasteiger charge is -2.21. The van der Waals surface area contributed by atoms with Crippen LogP contribution in [-0.4, -0.2) is 96.7 Å². The van der Waals surface area contributed by atoms with E-state index < -0.39 is 97.5 Å². The maximum absolute atomic E-state index is 13.1. The lowest BCUT2D eigenvalue weighted by molar-refractivity contribution is -0.161. The molecular weight excluding hydrogens is 1350 g/mol. The predicted molar refractivity (Wildman–Crippen MR) is 426 cm³/mol. The summed E-state index contributed by atoms with van der Waals surface area (Å²) in [5, 5.41) is 10.6. The minimum atomic E-state index is -5.04. The number of aliphatic hydroxyl groups excluding tert-OH is 1. The van der Waals surface area contributed by atoms with Crippen LogP contribution in [0.1, 0.15) is 207 Å². The van der Waals surface area contributed by atoms with Gasteiger partial charge in [0.2, 0.25) is 0 Å². The minimum Gasteiger partial charge on any atom is -0.462 e. The van der Waals surface area contributed by atoms with Gasteiger partial charge in [0, 0.05) is 12.8 Å². The van der Waals surface area contributed by atoms with E-state index in [2.05, 4.69) is 198 Å². The molecule has 0 amide bonds. The van der Waals surface area contributed by atoms with Crippen molar-refractivity contribution in [3.63, 3.8) is 0 Å². The molecule has 3 N–H and O–H groups in total. The first-order valence-electron chi connectivity index (χ1n) is 37.3. The van der Waals surface area contributed by atoms with Gasteiger partial charge in [0.1, 0.15) is 19.3 Å². The van der Waals surface area contributed by atoms with E-state index >= 15 is 0 Å². The number of rotatable bonds is 66. The Balaban J connectivity index is 5.65. The molecule has 17 nitrogen and oxygen atoms in total. The molecule has 104 heavy (non-hydrogen) atoms. The van der Waals surface area contributed by atoms with E-state index in [9.17, 15) is 43.2 Å². The van der Waals surface area contributed by atoms with Crippen LogP contribution >= 0.6 is 15.6 Å². The Morgan fingerprint density at radius 1 is 0.279 bits per heavy atom. The highest BCUT2D eigenvalue weighted by atomic mass is 31.2. The number of carbonyl (C=O) groups excluding carboxylic acids is 4. The van der Waals surface area contributed by atoms with Crippen molar-refractivity contribution in [3.8, 4) is 0 Å². The van der Waals surface area contributed by atoms with E-state index in [0.717, 1.165) is 116 Å². The van der Waals surface area contributed by atoms with E-state index in [1.807, 2.05) is 48.6 Å². The third kappa shape index (κ3) is 73.2. The third-order valence-corrected chi connectivity index (χ3v) is 15.8. The second-order valence-corrected chi connectivity index (χ2v) is 26.3. The molecule has 5 atom stereocenters. The Labute approximate surface area is 625 Å². The molecule has 0 aliphatic heterocycles. The molecule has 0 rings (SSSR count). The normalized spacial score (nSPS) is 15.3. The molecule has 0 bridgehead atoms. The number of allylic oxidation sites excluding steroid dienone is 38. The molecule has 0 aromatic rings. The van der Waals surface area contributed by atoms with E-state index in [1.165, 1.54) is 0 Å². The van der Waals surface area contributed by atoms with Crippen LogP contribution in [0, 0.1) is 0 Å². The second kappa shape index (κ2) is 74.1. The first kappa shape index (κ1) is 96.9. The van der Waals surface area contributed by atoms with Crippen LogP contribution in [0.2, 0.25) is 0 Å². The fraction of sp³-hybridized carbons (Fsp3) is 0.482. The number of hydrogen-bond acceptors (Lipinski definition) is 15. The Bertz CT molecular complexity index is 2940. The fourth-order valence-corrected chi connectivity index (χ4v) is 9.96. The summed E-state index contributed by atoms with van der Waals surface area (Å²) < 4.78 is 68.0. The Kier molecular flexibility index (Phi) is 69.1. The first-order chi connectivity index (χ1) is 50.7. The molecule has 0 fully saturated rings. The average molecular weight is 1480 g/mol. The van der Waals surface area contributed by atoms with Gasteiger partial charge in [0.15, 0.2) is 12.2 Å². The predicted octanol–water partition coefficient (Wildman–Crippen LogP) is 21.7. The van der Waals surface area contributed by atoms with E-state index in [0.29, 0.717) is 38.5 Å². The van der Waals surface area contributed by atoms with Gasteiger partial charge >= 0.3 is 39.5 Å². The van der Waals surface area contributed by atoms with Crippen LogP contribution < -0.4 is 0 Å². The first-order valence-corrected chi connectivity index (χ1v) is 40.3. The monoisotopic (exact) mass is 1480 g/mol. The summed E-state index contributed by atoms with van der Waals surface area (Å²) in [5.74, 6) is -2.65. The van der Waals surface area contributed by atoms with Gasteiger partial charge in [-0.3, -0.25) is 37.3 Å². The van der Waals surface area contributed by atoms with Gasteiger partial charge in [-0.05, 0) is 154 Å². The van der Waals surface area contributed by atoms with Crippen LogP contribution in [0.4, 0.5) is 0 Å². The lowest BCUT2D eigenvalue weighted by Crippen LogP contribution is -2.30. The Morgan fingerprint density at radius 3 is 0.788 bits per heavy atom. The van der Waals surface area contributed by atoms with Gasteiger partial charge in [0.25, 0.3) is 0 Å². The molecule has 0 saturated carbocycles. The molecule has 0 heterocycles. The molecule has 0 spiro atoms. The Hall–Kier alpha value is -7.14. The zero-order valence-corrected chi connectivity index (χ0v) is 64.6. The number of aliphatic hydroxyl groups is 1. The van der Waals surface area contributed by atoms with E-state index in [4.69, 9.17) is 37.0 Å². The van der Waals surface area contributed by atoms with Crippen molar-refractivity contribution in [2.24, 2.45) is 0 Å². The van der Waals surface area contributed by atoms with Gasteiger partial charge in [-0.25, -0.2) is 9.13 Å². The molecule has 19 heteroatoms. The van der Waals surface area contributed by atoms with Gasteiger partial charge in [-0.15, -0.1) is 0 Å². The van der Waals surface area contributed by atoms with Crippen LogP contribution in [0.5, 0.6) is 0 Å². The summed E-state index contributed by atoms with van der Waals surface area (Å²) in [5.41, 5.74) is 0. The molecule has 5 unspecified atom stereocenters. The molecule has 0 radical (unpaired) electrons. The fourth-order valence-electron chi connectivity index (χ4n) is 8.38. The maximum atomic E-state index is 13.1. The van der Waals surface area contributed by atoms with Crippen molar-refractivity contribution < 1.29 is 80.2 Å². The summed E-state index contributed by atoms with van der Waals surface area (Å²) in [6, 6.07) is 0. The maximum Gasteiger partial charge on any atom is 0.472 e. The zero-order chi connectivity index (χ0) is 76.0. The Morgan fingerprint density at radius 2 is 0.500 bits per heavy atom.